The van der Waals surface area contributed by atoms with Gasteiger partial charge in [0.15, 0.2) is 0 Å². The van der Waals surface area contributed by atoms with Crippen LogP contribution in [0.2, 0.25) is 0 Å². The molecule has 0 bridgehead atoms. The van der Waals surface area contributed by atoms with Gasteiger partial charge in [-0.05, 0) is 6.42 Å². The number of hydrogen-bond donors (Lipinski definition) is 0. The zero-order valence-electron chi connectivity index (χ0n) is 10.5. The van der Waals surface area contributed by atoms with Crippen molar-refractivity contribution in [1.82, 2.24) is 0 Å². The zero-order chi connectivity index (χ0) is 12.4. The van der Waals surface area contributed by atoms with E-state index in [1.165, 1.54) is 7.11 Å². The first-order valence-corrected chi connectivity index (χ1v) is 5.85. The molecule has 0 radical (unpaired) electrons. The van der Waals surface area contributed by atoms with Gasteiger partial charge in [0.1, 0.15) is 0 Å². The average Bonchev–Trinajstić information content (AvgIpc) is 2.28. The maximum Gasteiger partial charge on any atom is 0.309 e. The van der Waals surface area contributed by atoms with E-state index in [2.05, 4.69) is 11.7 Å². The van der Waals surface area contributed by atoms with Gasteiger partial charge in [0, 0.05) is 0 Å². The van der Waals surface area contributed by atoms with Crippen LogP contribution < -0.4 is 0 Å². The molecule has 0 fully saturated rings. The van der Waals surface area contributed by atoms with E-state index >= 15 is 0 Å². The maximum atomic E-state index is 11.4. The Labute approximate surface area is 97.3 Å². The molecule has 0 aromatic heterocycles. The van der Waals surface area contributed by atoms with E-state index in [0.717, 1.165) is 25.7 Å². The van der Waals surface area contributed by atoms with Crippen LogP contribution in [0.5, 0.6) is 0 Å². The van der Waals surface area contributed by atoms with E-state index in [1.54, 1.807) is 6.92 Å². The summed E-state index contributed by atoms with van der Waals surface area (Å²) in [5.74, 6) is -1.11. The van der Waals surface area contributed by atoms with Gasteiger partial charge in [0.05, 0.1) is 26.1 Å². The summed E-state index contributed by atoms with van der Waals surface area (Å²) < 4.78 is 9.53. The molecule has 1 atom stereocenters. The number of methoxy groups -OCH3 is 1. The van der Waals surface area contributed by atoms with Crippen molar-refractivity contribution >= 4 is 11.9 Å². The molecule has 0 aromatic carbocycles. The summed E-state index contributed by atoms with van der Waals surface area (Å²) in [6.07, 6.45) is 4.38. The van der Waals surface area contributed by atoms with E-state index in [4.69, 9.17) is 4.74 Å². The highest BCUT2D eigenvalue weighted by Gasteiger charge is 2.18. The third-order valence-electron chi connectivity index (χ3n) is 2.35. The first kappa shape index (κ1) is 14.9. The van der Waals surface area contributed by atoms with Crippen molar-refractivity contribution in [2.45, 2.75) is 46.0 Å². The van der Waals surface area contributed by atoms with E-state index in [1.807, 2.05) is 0 Å². The summed E-state index contributed by atoms with van der Waals surface area (Å²) in [5, 5.41) is 0. The normalized spacial score (nSPS) is 11.9. The van der Waals surface area contributed by atoms with Gasteiger partial charge < -0.3 is 9.47 Å². The average molecular weight is 230 g/mol. The minimum Gasteiger partial charge on any atom is -0.469 e. The molecular weight excluding hydrogens is 208 g/mol. The quantitative estimate of drug-likeness (QED) is 0.474. The number of carbonyl (C=O) groups is 2. The molecule has 0 aromatic rings. The fourth-order valence-corrected chi connectivity index (χ4v) is 1.26. The van der Waals surface area contributed by atoms with Crippen LogP contribution in [0.4, 0.5) is 0 Å². The first-order chi connectivity index (χ1) is 7.61. The summed E-state index contributed by atoms with van der Waals surface area (Å²) in [4.78, 5) is 22.3. The minimum atomic E-state index is -0.418. The van der Waals surface area contributed by atoms with E-state index < -0.39 is 5.92 Å². The Balaban J connectivity index is 3.59. The van der Waals surface area contributed by atoms with Crippen LogP contribution in [0.15, 0.2) is 0 Å². The van der Waals surface area contributed by atoms with Crippen LogP contribution in [0.25, 0.3) is 0 Å². The minimum absolute atomic E-state index is 0.0876. The molecule has 1 unspecified atom stereocenters. The first-order valence-electron chi connectivity index (χ1n) is 5.85. The molecule has 4 heteroatoms. The van der Waals surface area contributed by atoms with Gasteiger partial charge in [-0.25, -0.2) is 0 Å². The highest BCUT2D eigenvalue weighted by molar-refractivity contribution is 5.79. The van der Waals surface area contributed by atoms with Crippen LogP contribution in [0, 0.1) is 5.92 Å². The lowest BCUT2D eigenvalue weighted by Gasteiger charge is -2.10. The molecule has 0 saturated heterocycles. The lowest BCUT2D eigenvalue weighted by Crippen LogP contribution is -2.19. The van der Waals surface area contributed by atoms with Crippen molar-refractivity contribution in [2.24, 2.45) is 5.92 Å². The Bertz CT molecular complexity index is 213. The number of ether oxygens (including phenoxy) is 2. The monoisotopic (exact) mass is 230 g/mol. The van der Waals surface area contributed by atoms with E-state index in [9.17, 15) is 9.59 Å². The lowest BCUT2D eigenvalue weighted by molar-refractivity contribution is -0.153. The van der Waals surface area contributed by atoms with Crippen molar-refractivity contribution in [3.8, 4) is 0 Å². The third kappa shape index (κ3) is 7.26. The van der Waals surface area contributed by atoms with Gasteiger partial charge in [-0.15, -0.1) is 0 Å². The molecule has 0 spiro atoms. The smallest absolute Gasteiger partial charge is 0.309 e. The molecule has 16 heavy (non-hydrogen) atoms. The molecule has 0 aliphatic heterocycles. The molecule has 0 rings (SSSR count). The summed E-state index contributed by atoms with van der Waals surface area (Å²) in [6.45, 7) is 4.25. The molecule has 4 nitrogen and oxygen atoms in total. The van der Waals surface area contributed by atoms with Gasteiger partial charge in [-0.1, -0.05) is 33.1 Å². The Morgan fingerprint density at radius 2 is 1.88 bits per heavy atom. The second-order valence-electron chi connectivity index (χ2n) is 3.91. The topological polar surface area (TPSA) is 52.6 Å². The van der Waals surface area contributed by atoms with Crippen molar-refractivity contribution in [3.63, 3.8) is 0 Å². The SMILES string of the molecule is CCCCCCOC(=O)C(C)CC(=O)OC. The lowest BCUT2D eigenvalue weighted by atomic mass is 10.1. The van der Waals surface area contributed by atoms with Crippen LogP contribution in [0.3, 0.4) is 0 Å². The molecule has 0 N–H and O–H groups in total. The third-order valence-corrected chi connectivity index (χ3v) is 2.35. The second kappa shape index (κ2) is 9.19. The number of rotatable bonds is 8. The highest BCUT2D eigenvalue weighted by Crippen LogP contribution is 2.07. The van der Waals surface area contributed by atoms with E-state index in [-0.39, 0.29) is 18.4 Å². The van der Waals surface area contributed by atoms with Gasteiger partial charge in [0.2, 0.25) is 0 Å². The van der Waals surface area contributed by atoms with Crippen LogP contribution in [-0.4, -0.2) is 25.7 Å². The number of esters is 2. The summed E-state index contributed by atoms with van der Waals surface area (Å²) in [7, 11) is 1.31. The standard InChI is InChI=1S/C12H22O4/c1-4-5-6-7-8-16-12(14)10(2)9-11(13)15-3/h10H,4-9H2,1-3H3. The Morgan fingerprint density at radius 3 is 2.44 bits per heavy atom. The largest absolute Gasteiger partial charge is 0.469 e. The molecule has 0 aliphatic rings. The second-order valence-corrected chi connectivity index (χ2v) is 3.91. The van der Waals surface area contributed by atoms with Crippen molar-refractivity contribution in [1.29, 1.82) is 0 Å². The number of unbranched alkanes of at least 4 members (excludes halogenated alkanes) is 3. The van der Waals surface area contributed by atoms with Crippen molar-refractivity contribution in [3.05, 3.63) is 0 Å². The van der Waals surface area contributed by atoms with Crippen molar-refractivity contribution in [2.75, 3.05) is 13.7 Å². The van der Waals surface area contributed by atoms with Crippen molar-refractivity contribution < 1.29 is 19.1 Å². The summed E-state index contributed by atoms with van der Waals surface area (Å²) >= 11 is 0. The fraction of sp³-hybridized carbons (Fsp3) is 0.833. The predicted octanol–water partition coefficient (Wildman–Crippen LogP) is 2.31. The molecule has 0 heterocycles. The maximum absolute atomic E-state index is 11.4. The van der Waals surface area contributed by atoms with Crippen LogP contribution >= 0.6 is 0 Å². The van der Waals surface area contributed by atoms with Crippen LogP contribution in [-0.2, 0) is 19.1 Å². The Kier molecular flexibility index (Phi) is 8.58. The Hall–Kier alpha value is -1.06. The van der Waals surface area contributed by atoms with Gasteiger partial charge in [0.25, 0.3) is 0 Å². The molecule has 0 aliphatic carbocycles. The Morgan fingerprint density at radius 1 is 1.19 bits per heavy atom. The highest BCUT2D eigenvalue weighted by atomic mass is 16.5. The number of hydrogen-bond acceptors (Lipinski definition) is 4. The van der Waals surface area contributed by atoms with Gasteiger partial charge >= 0.3 is 11.9 Å². The van der Waals surface area contributed by atoms with E-state index in [0.29, 0.717) is 6.61 Å². The molecular formula is C12H22O4. The van der Waals surface area contributed by atoms with Crippen LogP contribution in [0.1, 0.15) is 46.0 Å². The number of carbonyl (C=O) groups excluding carboxylic acids is 2. The molecule has 0 amide bonds. The van der Waals surface area contributed by atoms with Gasteiger partial charge in [-0.2, -0.15) is 0 Å². The molecule has 0 saturated carbocycles. The predicted molar refractivity (Wildman–Crippen MR) is 60.9 cm³/mol. The molecule has 94 valence electrons. The summed E-state index contributed by atoms with van der Waals surface area (Å²) in [6, 6.07) is 0. The fourth-order valence-electron chi connectivity index (χ4n) is 1.26. The van der Waals surface area contributed by atoms with Gasteiger partial charge in [-0.3, -0.25) is 9.59 Å². The summed E-state index contributed by atoms with van der Waals surface area (Å²) in [5.41, 5.74) is 0. The zero-order valence-corrected chi connectivity index (χ0v) is 10.5.